The summed E-state index contributed by atoms with van der Waals surface area (Å²) in [6.07, 6.45) is 1.42. The molecule has 0 bridgehead atoms. The van der Waals surface area contributed by atoms with Gasteiger partial charge in [-0.15, -0.1) is 0 Å². The maximum absolute atomic E-state index is 12.9. The molecule has 2 aliphatic rings. The summed E-state index contributed by atoms with van der Waals surface area (Å²) in [5.74, 6) is 0.513. The summed E-state index contributed by atoms with van der Waals surface area (Å²) >= 11 is 0. The fourth-order valence-electron chi connectivity index (χ4n) is 3.10. The van der Waals surface area contributed by atoms with Gasteiger partial charge in [0.05, 0.1) is 18.5 Å². The molecular weight excluding hydrogens is 358 g/mol. The summed E-state index contributed by atoms with van der Waals surface area (Å²) in [6.45, 7) is 5.53. The number of carbonyl (C=O) groups is 1. The van der Waals surface area contributed by atoms with Gasteiger partial charge in [-0.25, -0.2) is 13.4 Å². The van der Waals surface area contributed by atoms with Gasteiger partial charge in [0.1, 0.15) is 6.54 Å². The third kappa shape index (κ3) is 5.31. The van der Waals surface area contributed by atoms with Crippen LogP contribution < -0.4 is 5.32 Å². The van der Waals surface area contributed by atoms with Crippen molar-refractivity contribution < 1.29 is 17.9 Å². The number of amides is 1. The Morgan fingerprint density at radius 1 is 1.27 bits per heavy atom. The number of hydrogen-bond donors (Lipinski definition) is 1. The molecule has 0 aromatic carbocycles. The number of ether oxygens (including phenoxy) is 1. The van der Waals surface area contributed by atoms with Gasteiger partial charge in [0.2, 0.25) is 15.9 Å². The molecule has 9 nitrogen and oxygen atoms in total. The molecule has 2 heterocycles. The molecule has 26 heavy (non-hydrogen) atoms. The van der Waals surface area contributed by atoms with Gasteiger partial charge in [-0.2, -0.15) is 4.31 Å². The minimum Gasteiger partial charge on any atom is -0.379 e. The van der Waals surface area contributed by atoms with Crippen molar-refractivity contribution >= 4 is 21.9 Å². The number of hydrogen-bond acceptors (Lipinski definition) is 5. The molecule has 0 spiro atoms. The summed E-state index contributed by atoms with van der Waals surface area (Å²) in [4.78, 5) is 19.7. The van der Waals surface area contributed by atoms with Crippen molar-refractivity contribution in [2.75, 3.05) is 66.6 Å². The molecule has 0 radical (unpaired) electrons. The van der Waals surface area contributed by atoms with Gasteiger partial charge in [0.15, 0.2) is 5.96 Å². The van der Waals surface area contributed by atoms with Crippen molar-refractivity contribution in [2.45, 2.75) is 25.0 Å². The second kappa shape index (κ2) is 9.52. The molecule has 2 rings (SSSR count). The molecule has 1 N–H and O–H groups in total. The first-order valence-corrected chi connectivity index (χ1v) is 10.7. The van der Waals surface area contributed by atoms with Gasteiger partial charge in [0.25, 0.3) is 0 Å². The van der Waals surface area contributed by atoms with E-state index in [1.807, 2.05) is 11.8 Å². The molecule has 1 amide bonds. The largest absolute Gasteiger partial charge is 0.379 e. The number of piperidine rings is 1. The lowest BCUT2D eigenvalue weighted by molar-refractivity contribution is -0.127. The average molecular weight is 390 g/mol. The minimum absolute atomic E-state index is 0.0483. The Morgan fingerprint density at radius 3 is 2.58 bits per heavy atom. The van der Waals surface area contributed by atoms with Crippen LogP contribution in [0, 0.1) is 0 Å². The number of aliphatic imine (C=N–C) groups is 1. The lowest BCUT2D eigenvalue weighted by Crippen LogP contribution is -2.54. The van der Waals surface area contributed by atoms with Crippen LogP contribution in [-0.2, 0) is 19.6 Å². The van der Waals surface area contributed by atoms with E-state index >= 15 is 0 Å². The highest BCUT2D eigenvalue weighted by Gasteiger charge is 2.36. The molecule has 0 aromatic heterocycles. The quantitative estimate of drug-likeness (QED) is 0.487. The zero-order valence-electron chi connectivity index (χ0n) is 16.0. The molecule has 0 saturated carbocycles. The Balaban J connectivity index is 2.08. The van der Waals surface area contributed by atoms with Crippen molar-refractivity contribution in [3.8, 4) is 0 Å². The summed E-state index contributed by atoms with van der Waals surface area (Å²) in [6, 6.07) is 0. The van der Waals surface area contributed by atoms with Gasteiger partial charge in [-0.3, -0.25) is 4.79 Å². The fraction of sp³-hybridized carbons (Fsp3) is 0.875. The molecule has 2 saturated heterocycles. The number of likely N-dealkylation sites (N-methyl/N-ethyl adjacent to an activating group) is 1. The normalized spacial score (nSPS) is 23.0. The van der Waals surface area contributed by atoms with Gasteiger partial charge >= 0.3 is 0 Å². The summed E-state index contributed by atoms with van der Waals surface area (Å²) < 4.78 is 32.7. The van der Waals surface area contributed by atoms with Gasteiger partial charge in [-0.1, -0.05) is 0 Å². The third-order valence-corrected chi connectivity index (χ3v) is 6.94. The van der Waals surface area contributed by atoms with Crippen molar-refractivity contribution in [3.63, 3.8) is 0 Å². The highest BCUT2D eigenvalue weighted by Crippen LogP contribution is 2.21. The van der Waals surface area contributed by atoms with Crippen LogP contribution in [0.5, 0.6) is 0 Å². The Labute approximate surface area is 156 Å². The first-order chi connectivity index (χ1) is 12.4. The Bertz CT molecular complexity index is 602. The fourth-order valence-corrected chi connectivity index (χ4v) is 5.01. The predicted molar refractivity (Wildman–Crippen MR) is 101 cm³/mol. The van der Waals surface area contributed by atoms with E-state index in [1.54, 1.807) is 18.4 Å². The van der Waals surface area contributed by atoms with Crippen LogP contribution in [-0.4, -0.2) is 106 Å². The van der Waals surface area contributed by atoms with Crippen LogP contribution in [0.2, 0.25) is 0 Å². The number of sulfonamides is 1. The van der Waals surface area contributed by atoms with Crippen LogP contribution >= 0.6 is 0 Å². The maximum atomic E-state index is 12.9. The Hall–Kier alpha value is -1.39. The first-order valence-electron chi connectivity index (χ1n) is 9.16. The van der Waals surface area contributed by atoms with Crippen LogP contribution in [0.25, 0.3) is 0 Å². The van der Waals surface area contributed by atoms with Crippen LogP contribution in [0.1, 0.15) is 19.8 Å². The topological polar surface area (TPSA) is 94.6 Å². The van der Waals surface area contributed by atoms with Crippen molar-refractivity contribution in [2.24, 2.45) is 4.99 Å². The lowest BCUT2D eigenvalue weighted by atomic mass is 10.1. The molecule has 2 aliphatic heterocycles. The van der Waals surface area contributed by atoms with Crippen LogP contribution in [0.15, 0.2) is 4.99 Å². The summed E-state index contributed by atoms with van der Waals surface area (Å²) in [7, 11) is 0.0247. The second-order valence-electron chi connectivity index (χ2n) is 6.72. The molecule has 10 heteroatoms. The Kier molecular flexibility index (Phi) is 7.66. The highest BCUT2D eigenvalue weighted by atomic mass is 32.2. The van der Waals surface area contributed by atoms with E-state index in [1.165, 1.54) is 4.90 Å². The van der Waals surface area contributed by atoms with Crippen molar-refractivity contribution in [3.05, 3.63) is 0 Å². The summed E-state index contributed by atoms with van der Waals surface area (Å²) in [5, 5.41) is 2.72. The van der Waals surface area contributed by atoms with Gasteiger partial charge < -0.3 is 19.9 Å². The van der Waals surface area contributed by atoms with E-state index in [-0.39, 0.29) is 12.5 Å². The Morgan fingerprint density at radius 2 is 1.96 bits per heavy atom. The summed E-state index contributed by atoms with van der Waals surface area (Å²) in [5.41, 5.74) is 0. The van der Waals surface area contributed by atoms with Crippen LogP contribution in [0.4, 0.5) is 0 Å². The number of likely N-dealkylation sites (tertiary alicyclic amines) is 1. The number of morpholine rings is 1. The monoisotopic (exact) mass is 389 g/mol. The molecule has 1 atom stereocenters. The van der Waals surface area contributed by atoms with E-state index in [2.05, 4.69) is 10.3 Å². The van der Waals surface area contributed by atoms with E-state index < -0.39 is 15.3 Å². The maximum Gasteiger partial charge on any atom is 0.243 e. The third-order valence-electron chi connectivity index (χ3n) is 4.63. The number of carbonyl (C=O) groups excluding carboxylic acids is 1. The molecule has 0 aliphatic carbocycles. The SMILES string of the molecule is CCNC(=NCC(=O)N(C)C)N1CCCC(S(=O)(=O)N2CCOCC2)C1. The highest BCUT2D eigenvalue weighted by molar-refractivity contribution is 7.89. The minimum atomic E-state index is -3.36. The van der Waals surface area contributed by atoms with Gasteiger partial charge in [-0.05, 0) is 19.8 Å². The van der Waals surface area contributed by atoms with Crippen LogP contribution in [0.3, 0.4) is 0 Å². The second-order valence-corrected chi connectivity index (χ2v) is 8.94. The number of nitrogens with zero attached hydrogens (tertiary/aromatic N) is 4. The first kappa shape index (κ1) is 20.9. The standard InChI is InChI=1S/C16H31N5O4S/c1-4-17-16(18-12-15(22)19(2)3)20-7-5-6-14(13-20)26(23,24)21-8-10-25-11-9-21/h14H,4-13H2,1-3H3,(H,17,18). The molecular formula is C16H31N5O4S. The van der Waals surface area contributed by atoms with Crippen molar-refractivity contribution in [1.29, 1.82) is 0 Å². The number of rotatable bonds is 5. The van der Waals surface area contributed by atoms with Crippen molar-refractivity contribution in [1.82, 2.24) is 19.4 Å². The smallest absolute Gasteiger partial charge is 0.243 e. The molecule has 0 aromatic rings. The van der Waals surface area contributed by atoms with E-state index in [4.69, 9.17) is 4.74 Å². The lowest BCUT2D eigenvalue weighted by Gasteiger charge is -2.37. The zero-order chi connectivity index (χ0) is 19.2. The number of nitrogens with one attached hydrogen (secondary N) is 1. The predicted octanol–water partition coefficient (Wildman–Crippen LogP) is -0.833. The van der Waals surface area contributed by atoms with E-state index in [9.17, 15) is 13.2 Å². The number of guanidine groups is 1. The van der Waals surface area contributed by atoms with E-state index in [0.717, 1.165) is 13.0 Å². The average Bonchev–Trinajstić information content (AvgIpc) is 2.65. The molecule has 2 fully saturated rings. The molecule has 1 unspecified atom stereocenters. The molecule has 150 valence electrons. The zero-order valence-corrected chi connectivity index (χ0v) is 16.8. The van der Waals surface area contributed by atoms with E-state index in [0.29, 0.717) is 51.8 Å². The van der Waals surface area contributed by atoms with Gasteiger partial charge in [0, 0.05) is 46.8 Å².